The highest BCUT2D eigenvalue weighted by Crippen LogP contribution is 2.37. The first-order chi connectivity index (χ1) is 23.3. The summed E-state index contributed by atoms with van der Waals surface area (Å²) in [6, 6.07) is 56.4. The van der Waals surface area contributed by atoms with Gasteiger partial charge in [-0.1, -0.05) is 133 Å². The first kappa shape index (κ1) is 27.0. The van der Waals surface area contributed by atoms with Gasteiger partial charge in [-0.05, 0) is 63.4 Å². The minimum Gasteiger partial charge on any atom is -0.456 e. The van der Waals surface area contributed by atoms with Crippen molar-refractivity contribution in [2.24, 2.45) is 0 Å². The van der Waals surface area contributed by atoms with Crippen LogP contribution in [0.4, 0.5) is 0 Å². The van der Waals surface area contributed by atoms with Crippen molar-refractivity contribution in [3.63, 3.8) is 0 Å². The van der Waals surface area contributed by atoms with Gasteiger partial charge in [0.25, 0.3) is 0 Å². The van der Waals surface area contributed by atoms with Gasteiger partial charge in [0.05, 0.1) is 0 Å². The molecule has 0 unspecified atom stereocenters. The first-order valence-electron chi connectivity index (χ1n) is 15.7. The van der Waals surface area contributed by atoms with E-state index < -0.39 is 0 Å². The molecule has 0 saturated heterocycles. The molecule has 2 aromatic heterocycles. The molecule has 47 heavy (non-hydrogen) atoms. The van der Waals surface area contributed by atoms with Gasteiger partial charge >= 0.3 is 0 Å². The molecule has 0 aliphatic carbocycles. The lowest BCUT2D eigenvalue weighted by Gasteiger charge is -2.13. The smallest absolute Gasteiger partial charge is 0.164 e. The van der Waals surface area contributed by atoms with Crippen LogP contribution in [0, 0.1) is 0 Å². The zero-order valence-electron chi connectivity index (χ0n) is 25.3. The van der Waals surface area contributed by atoms with Crippen molar-refractivity contribution >= 4 is 32.7 Å². The molecule has 0 aliphatic heterocycles. The third kappa shape index (κ3) is 4.84. The van der Waals surface area contributed by atoms with E-state index in [0.29, 0.717) is 17.5 Å². The molecular weight excluding hydrogens is 574 g/mol. The lowest BCUT2D eigenvalue weighted by Crippen LogP contribution is -2.01. The largest absolute Gasteiger partial charge is 0.456 e. The Morgan fingerprint density at radius 3 is 1.60 bits per heavy atom. The van der Waals surface area contributed by atoms with E-state index in [4.69, 9.17) is 19.4 Å². The highest BCUT2D eigenvalue weighted by molar-refractivity contribution is 6.06. The number of aromatic nitrogens is 3. The summed E-state index contributed by atoms with van der Waals surface area (Å²) >= 11 is 0. The molecule has 0 N–H and O–H groups in total. The average molecular weight is 602 g/mol. The highest BCUT2D eigenvalue weighted by atomic mass is 16.3. The number of hydrogen-bond donors (Lipinski definition) is 0. The number of nitrogens with zero attached hydrogens (tertiary/aromatic N) is 3. The Balaban J connectivity index is 1.26. The number of rotatable bonds is 5. The second-order valence-corrected chi connectivity index (χ2v) is 11.6. The van der Waals surface area contributed by atoms with Crippen molar-refractivity contribution in [1.82, 2.24) is 15.0 Å². The SMILES string of the molecule is c1ccc(-c2cccc(-c3nc(-c4ccc5c(c4)oc4ccccc45)nc(-c4ccc(-c5ccccc5)c5ccccc45)n3)c2)cc1. The van der Waals surface area contributed by atoms with Crippen molar-refractivity contribution in [3.8, 4) is 56.4 Å². The van der Waals surface area contributed by atoms with Crippen LogP contribution < -0.4 is 0 Å². The van der Waals surface area contributed by atoms with Gasteiger partial charge in [-0.2, -0.15) is 0 Å². The van der Waals surface area contributed by atoms with E-state index >= 15 is 0 Å². The van der Waals surface area contributed by atoms with E-state index in [1.165, 1.54) is 11.1 Å². The third-order valence-electron chi connectivity index (χ3n) is 8.75. The van der Waals surface area contributed by atoms with Crippen LogP contribution in [0.25, 0.3) is 89.1 Å². The molecule has 0 atom stereocenters. The monoisotopic (exact) mass is 601 g/mol. The average Bonchev–Trinajstić information content (AvgIpc) is 3.53. The van der Waals surface area contributed by atoms with Gasteiger partial charge in [0.2, 0.25) is 0 Å². The number of furan rings is 1. The molecule has 0 radical (unpaired) electrons. The van der Waals surface area contributed by atoms with Crippen molar-refractivity contribution < 1.29 is 4.42 Å². The first-order valence-corrected chi connectivity index (χ1v) is 15.7. The molecule has 2 heterocycles. The van der Waals surface area contributed by atoms with E-state index in [1.807, 2.05) is 36.4 Å². The van der Waals surface area contributed by atoms with Crippen LogP contribution in [0.5, 0.6) is 0 Å². The number of hydrogen-bond acceptors (Lipinski definition) is 4. The molecule has 9 aromatic rings. The van der Waals surface area contributed by atoms with E-state index in [9.17, 15) is 0 Å². The predicted molar refractivity (Wildman–Crippen MR) is 192 cm³/mol. The lowest BCUT2D eigenvalue weighted by molar-refractivity contribution is 0.669. The number of benzene rings is 7. The van der Waals surface area contributed by atoms with Crippen molar-refractivity contribution in [2.75, 3.05) is 0 Å². The van der Waals surface area contributed by atoms with Crippen molar-refractivity contribution in [1.29, 1.82) is 0 Å². The van der Waals surface area contributed by atoms with Crippen LogP contribution in [-0.4, -0.2) is 15.0 Å². The highest BCUT2D eigenvalue weighted by Gasteiger charge is 2.17. The fourth-order valence-corrected chi connectivity index (χ4v) is 6.45. The standard InChI is InChI=1S/C43H27N3O/c1-3-12-28(13-4-1)30-16-11-17-31(26-30)41-44-42(32-22-23-37-36-20-9-10-21-39(36)47-40(37)27-32)46-43(45-41)38-25-24-33(29-14-5-2-6-15-29)34-18-7-8-19-35(34)38/h1-27H. The normalized spacial score (nSPS) is 11.4. The van der Waals surface area contributed by atoms with Gasteiger partial charge in [-0.25, -0.2) is 15.0 Å². The third-order valence-corrected chi connectivity index (χ3v) is 8.75. The van der Waals surface area contributed by atoms with Gasteiger partial charge in [0, 0.05) is 27.5 Å². The van der Waals surface area contributed by atoms with E-state index in [-0.39, 0.29) is 0 Å². The fraction of sp³-hybridized carbons (Fsp3) is 0. The van der Waals surface area contributed by atoms with Gasteiger partial charge in [0.1, 0.15) is 11.2 Å². The summed E-state index contributed by atoms with van der Waals surface area (Å²) < 4.78 is 6.25. The second-order valence-electron chi connectivity index (χ2n) is 11.6. The van der Waals surface area contributed by atoms with Crippen LogP contribution in [0.3, 0.4) is 0 Å². The molecular formula is C43H27N3O. The van der Waals surface area contributed by atoms with E-state index in [1.54, 1.807) is 0 Å². The number of fused-ring (bicyclic) bond motifs is 4. The maximum atomic E-state index is 6.25. The Bertz CT molecular complexity index is 2570. The summed E-state index contributed by atoms with van der Waals surface area (Å²) in [5, 5.41) is 4.39. The maximum Gasteiger partial charge on any atom is 0.164 e. The van der Waals surface area contributed by atoms with Crippen molar-refractivity contribution in [2.45, 2.75) is 0 Å². The predicted octanol–water partition coefficient (Wildman–Crippen LogP) is 11.3. The summed E-state index contributed by atoms with van der Waals surface area (Å²) in [4.78, 5) is 15.3. The lowest BCUT2D eigenvalue weighted by atomic mass is 9.94. The van der Waals surface area contributed by atoms with Crippen LogP contribution in [0.15, 0.2) is 168 Å². The topological polar surface area (TPSA) is 51.8 Å². The Kier molecular flexibility index (Phi) is 6.43. The molecule has 0 saturated carbocycles. The molecule has 0 amide bonds. The minimum absolute atomic E-state index is 0.591. The van der Waals surface area contributed by atoms with Gasteiger partial charge in [-0.15, -0.1) is 0 Å². The Hall–Kier alpha value is -6.39. The summed E-state index contributed by atoms with van der Waals surface area (Å²) in [6.07, 6.45) is 0. The molecule has 4 nitrogen and oxygen atoms in total. The summed E-state index contributed by atoms with van der Waals surface area (Å²) in [7, 11) is 0. The zero-order valence-corrected chi connectivity index (χ0v) is 25.3. The molecule has 7 aromatic carbocycles. The van der Waals surface area contributed by atoms with Crippen LogP contribution in [-0.2, 0) is 0 Å². The quantitative estimate of drug-likeness (QED) is 0.197. The van der Waals surface area contributed by atoms with Gasteiger partial charge < -0.3 is 4.42 Å². The fourth-order valence-electron chi connectivity index (χ4n) is 6.45. The van der Waals surface area contributed by atoms with Crippen LogP contribution in [0.2, 0.25) is 0 Å². The molecule has 220 valence electrons. The maximum absolute atomic E-state index is 6.25. The molecule has 9 rings (SSSR count). The summed E-state index contributed by atoms with van der Waals surface area (Å²) in [5.74, 6) is 1.83. The Morgan fingerprint density at radius 1 is 0.298 bits per heavy atom. The Morgan fingerprint density at radius 2 is 0.830 bits per heavy atom. The summed E-state index contributed by atoms with van der Waals surface area (Å²) in [5.41, 5.74) is 8.99. The van der Waals surface area contributed by atoms with Crippen LogP contribution in [0.1, 0.15) is 0 Å². The second kappa shape index (κ2) is 11.2. The van der Waals surface area contributed by atoms with E-state index in [2.05, 4.69) is 127 Å². The zero-order chi connectivity index (χ0) is 31.2. The molecule has 0 bridgehead atoms. The van der Waals surface area contributed by atoms with Crippen LogP contribution >= 0.6 is 0 Å². The molecule has 4 heteroatoms. The summed E-state index contributed by atoms with van der Waals surface area (Å²) in [6.45, 7) is 0. The Labute approximate surface area is 271 Å². The van der Waals surface area contributed by atoms with Crippen molar-refractivity contribution in [3.05, 3.63) is 164 Å². The van der Waals surface area contributed by atoms with Gasteiger partial charge in [-0.3, -0.25) is 0 Å². The molecule has 0 aliphatic rings. The minimum atomic E-state index is 0.591. The molecule has 0 fully saturated rings. The van der Waals surface area contributed by atoms with E-state index in [0.717, 1.165) is 60.5 Å². The molecule has 0 spiro atoms. The number of para-hydroxylation sites is 1. The van der Waals surface area contributed by atoms with Gasteiger partial charge in [0.15, 0.2) is 17.5 Å².